The number of benzene rings is 3. The van der Waals surface area contributed by atoms with Gasteiger partial charge in [0.15, 0.2) is 0 Å². The standard InChI is InChI=1S/C31H30N2/c1-6-7-8-12-21(3)24-13-11-14-25(18-24)33-23(5)22(4)29-27-16-10-9-15-26(27)28-17-20(2)19-32-30(28)31(29)33/h6-16,18-19,32H,3,17H2,1-2,4-5H3/b7-6-,12-8-. The van der Waals surface area contributed by atoms with Crippen LogP contribution in [0.15, 0.2) is 91.2 Å². The topological polar surface area (TPSA) is 17.0 Å². The fourth-order valence-corrected chi connectivity index (χ4v) is 5.02. The number of rotatable bonds is 4. The average molecular weight is 431 g/mol. The third-order valence-electron chi connectivity index (χ3n) is 6.77. The largest absolute Gasteiger partial charge is 0.360 e. The lowest BCUT2D eigenvalue weighted by molar-refractivity contribution is 1.03. The van der Waals surface area contributed by atoms with Crippen molar-refractivity contribution in [3.8, 4) is 5.69 Å². The maximum atomic E-state index is 4.29. The smallest absolute Gasteiger partial charge is 0.0779 e. The molecule has 2 nitrogen and oxygen atoms in total. The maximum Gasteiger partial charge on any atom is 0.0779 e. The number of hydrogen-bond acceptors (Lipinski definition) is 1. The summed E-state index contributed by atoms with van der Waals surface area (Å²) in [7, 11) is 0. The number of fused-ring (bicyclic) bond motifs is 6. The van der Waals surface area contributed by atoms with Crippen molar-refractivity contribution in [3.05, 3.63) is 114 Å². The molecule has 0 aliphatic carbocycles. The summed E-state index contributed by atoms with van der Waals surface area (Å²) in [5.74, 6) is 0. The molecule has 0 saturated carbocycles. The summed E-state index contributed by atoms with van der Waals surface area (Å²) in [5.41, 5.74) is 11.1. The monoisotopic (exact) mass is 430 g/mol. The van der Waals surface area contributed by atoms with Gasteiger partial charge in [0.05, 0.1) is 11.2 Å². The second kappa shape index (κ2) is 8.29. The Morgan fingerprint density at radius 2 is 1.79 bits per heavy atom. The molecule has 0 radical (unpaired) electrons. The number of hydrogen-bond donors (Lipinski definition) is 1. The normalized spacial score (nSPS) is 13.6. The van der Waals surface area contributed by atoms with Crippen LogP contribution in [0.1, 0.15) is 36.2 Å². The van der Waals surface area contributed by atoms with Gasteiger partial charge < -0.3 is 9.88 Å². The average Bonchev–Trinajstić information content (AvgIpc) is 3.10. The molecule has 0 atom stereocenters. The Hall–Kier alpha value is -3.78. The van der Waals surface area contributed by atoms with Gasteiger partial charge in [0.25, 0.3) is 0 Å². The van der Waals surface area contributed by atoms with Gasteiger partial charge in [-0.2, -0.15) is 0 Å². The lowest BCUT2D eigenvalue weighted by atomic mass is 9.92. The van der Waals surface area contributed by atoms with Crippen LogP contribution < -0.4 is 5.32 Å². The Morgan fingerprint density at radius 3 is 2.58 bits per heavy atom. The molecule has 0 saturated heterocycles. The highest BCUT2D eigenvalue weighted by Gasteiger charge is 2.24. The highest BCUT2D eigenvalue weighted by atomic mass is 15.0. The second-order valence-electron chi connectivity index (χ2n) is 8.94. The molecule has 1 N–H and O–H groups in total. The SMILES string of the molecule is C=C(/C=C\C=C/C)c1cccc(-n2c(C)c(C)c3c4ccccc4c4c(c32)NC=C(C)C4)c1. The Morgan fingerprint density at radius 1 is 1.00 bits per heavy atom. The highest BCUT2D eigenvalue weighted by molar-refractivity contribution is 6.17. The molecule has 1 aliphatic heterocycles. The van der Waals surface area contributed by atoms with Gasteiger partial charge in [-0.3, -0.25) is 0 Å². The van der Waals surface area contributed by atoms with Gasteiger partial charge >= 0.3 is 0 Å². The van der Waals surface area contributed by atoms with Crippen molar-refractivity contribution in [3.63, 3.8) is 0 Å². The van der Waals surface area contributed by atoms with Gasteiger partial charge in [0, 0.05) is 23.0 Å². The van der Waals surface area contributed by atoms with Crippen LogP contribution in [-0.4, -0.2) is 4.57 Å². The van der Waals surface area contributed by atoms with E-state index < -0.39 is 0 Å². The molecular formula is C31H30N2. The number of nitrogens with one attached hydrogen (secondary N) is 1. The Labute approximate surface area is 196 Å². The minimum absolute atomic E-state index is 0.967. The molecule has 0 spiro atoms. The van der Waals surface area contributed by atoms with Crippen LogP contribution in [0, 0.1) is 13.8 Å². The molecule has 0 bridgehead atoms. The first-order valence-corrected chi connectivity index (χ1v) is 11.6. The summed E-state index contributed by atoms with van der Waals surface area (Å²) in [4.78, 5) is 0. The molecule has 1 aliphatic rings. The zero-order valence-electron chi connectivity index (χ0n) is 19.9. The fraction of sp³-hybridized carbons (Fsp3) is 0.161. The third-order valence-corrected chi connectivity index (χ3v) is 6.77. The lowest BCUT2D eigenvalue weighted by Gasteiger charge is -2.22. The van der Waals surface area contributed by atoms with E-state index in [1.54, 1.807) is 0 Å². The molecule has 5 rings (SSSR count). The van der Waals surface area contributed by atoms with Crippen LogP contribution in [0.3, 0.4) is 0 Å². The number of allylic oxidation sites excluding steroid dienone is 6. The van der Waals surface area contributed by atoms with E-state index in [0.29, 0.717) is 0 Å². The minimum atomic E-state index is 0.967. The third kappa shape index (κ3) is 3.43. The Balaban J connectivity index is 1.81. The van der Waals surface area contributed by atoms with Gasteiger partial charge in [-0.25, -0.2) is 0 Å². The van der Waals surface area contributed by atoms with Crippen molar-refractivity contribution in [1.82, 2.24) is 4.57 Å². The van der Waals surface area contributed by atoms with E-state index in [9.17, 15) is 0 Å². The zero-order chi connectivity index (χ0) is 23.1. The van der Waals surface area contributed by atoms with E-state index >= 15 is 0 Å². The molecule has 3 aromatic carbocycles. The van der Waals surface area contributed by atoms with Crippen LogP contribution in [0.2, 0.25) is 0 Å². The van der Waals surface area contributed by atoms with Gasteiger partial charge in [0.1, 0.15) is 0 Å². The van der Waals surface area contributed by atoms with Crippen LogP contribution >= 0.6 is 0 Å². The molecule has 2 heterocycles. The van der Waals surface area contributed by atoms with Crippen molar-refractivity contribution in [2.45, 2.75) is 34.1 Å². The Bertz CT molecular complexity index is 1510. The minimum Gasteiger partial charge on any atom is -0.360 e. The second-order valence-corrected chi connectivity index (χ2v) is 8.94. The van der Waals surface area contributed by atoms with E-state index in [1.165, 1.54) is 49.8 Å². The number of anilines is 1. The van der Waals surface area contributed by atoms with Crippen LogP contribution in [0.25, 0.3) is 32.9 Å². The molecule has 0 unspecified atom stereocenters. The first kappa shape index (κ1) is 21.1. The zero-order valence-corrected chi connectivity index (χ0v) is 19.9. The first-order chi connectivity index (χ1) is 16.0. The number of nitrogens with zero attached hydrogens (tertiary/aromatic N) is 1. The molecule has 2 heteroatoms. The van der Waals surface area contributed by atoms with Crippen molar-refractivity contribution >= 4 is 32.9 Å². The molecule has 33 heavy (non-hydrogen) atoms. The predicted molar refractivity (Wildman–Crippen MR) is 144 cm³/mol. The van der Waals surface area contributed by atoms with Crippen molar-refractivity contribution in [2.24, 2.45) is 0 Å². The number of aromatic nitrogens is 1. The van der Waals surface area contributed by atoms with Gasteiger partial charge in [-0.05, 0) is 79.3 Å². The van der Waals surface area contributed by atoms with Gasteiger partial charge in [-0.1, -0.05) is 72.9 Å². The van der Waals surface area contributed by atoms with E-state index in [2.05, 4.69) is 98.0 Å². The van der Waals surface area contributed by atoms with Crippen molar-refractivity contribution in [2.75, 3.05) is 5.32 Å². The van der Waals surface area contributed by atoms with E-state index in [1.807, 2.05) is 25.2 Å². The summed E-state index contributed by atoms with van der Waals surface area (Å²) in [6.07, 6.45) is 11.3. The van der Waals surface area contributed by atoms with E-state index in [0.717, 1.165) is 23.2 Å². The molecule has 164 valence electrons. The predicted octanol–water partition coefficient (Wildman–Crippen LogP) is 8.42. The van der Waals surface area contributed by atoms with Crippen molar-refractivity contribution in [1.29, 1.82) is 0 Å². The molecule has 4 aromatic rings. The quantitative estimate of drug-likeness (QED) is 0.322. The molecule has 0 amide bonds. The van der Waals surface area contributed by atoms with Crippen LogP contribution in [0.5, 0.6) is 0 Å². The van der Waals surface area contributed by atoms with Gasteiger partial charge in [0.2, 0.25) is 0 Å². The van der Waals surface area contributed by atoms with Gasteiger partial charge in [-0.15, -0.1) is 0 Å². The van der Waals surface area contributed by atoms with E-state index in [4.69, 9.17) is 0 Å². The Kier molecular flexibility index (Phi) is 5.30. The van der Waals surface area contributed by atoms with Crippen molar-refractivity contribution < 1.29 is 0 Å². The van der Waals surface area contributed by atoms with Crippen LogP contribution in [-0.2, 0) is 6.42 Å². The molecule has 1 aromatic heterocycles. The summed E-state index contributed by atoms with van der Waals surface area (Å²) < 4.78 is 2.42. The first-order valence-electron chi connectivity index (χ1n) is 11.6. The van der Waals surface area contributed by atoms with Crippen LogP contribution in [0.4, 0.5) is 5.69 Å². The van der Waals surface area contributed by atoms with E-state index in [-0.39, 0.29) is 0 Å². The molecule has 0 fully saturated rings. The lowest BCUT2D eigenvalue weighted by Crippen LogP contribution is -2.08. The maximum absolute atomic E-state index is 4.29. The number of aryl methyl sites for hydroxylation is 1. The summed E-state index contributed by atoms with van der Waals surface area (Å²) in [5, 5.41) is 7.66. The summed E-state index contributed by atoms with van der Waals surface area (Å²) >= 11 is 0. The highest BCUT2D eigenvalue weighted by Crippen LogP contribution is 2.44. The fourth-order valence-electron chi connectivity index (χ4n) is 5.02. The molecular weight excluding hydrogens is 400 g/mol. The summed E-state index contributed by atoms with van der Waals surface area (Å²) in [6.45, 7) is 13.0. The summed E-state index contributed by atoms with van der Waals surface area (Å²) in [6, 6.07) is 17.6.